The number of nitrogens with zero attached hydrogens (tertiary/aromatic N) is 1. The van der Waals surface area contributed by atoms with Gasteiger partial charge in [0.05, 0.1) is 40.2 Å². The predicted molar refractivity (Wildman–Crippen MR) is 138 cm³/mol. The molecule has 0 spiro atoms. The molecule has 0 saturated heterocycles. The van der Waals surface area contributed by atoms with E-state index in [0.29, 0.717) is 38.9 Å². The summed E-state index contributed by atoms with van der Waals surface area (Å²) in [6.45, 7) is 5.69. The maximum Gasteiger partial charge on any atom is 0.254 e. The molecule has 2 N–H and O–H groups in total. The van der Waals surface area contributed by atoms with Gasteiger partial charge in [0.2, 0.25) is 0 Å². The maximum atomic E-state index is 13.3. The van der Waals surface area contributed by atoms with Crippen molar-refractivity contribution >= 4 is 29.1 Å². The van der Waals surface area contributed by atoms with E-state index in [1.165, 1.54) is 18.0 Å². The molecule has 0 radical (unpaired) electrons. The van der Waals surface area contributed by atoms with Gasteiger partial charge in [-0.3, -0.25) is 9.59 Å². The van der Waals surface area contributed by atoms with Gasteiger partial charge in [-0.2, -0.15) is 5.26 Å². The fourth-order valence-corrected chi connectivity index (χ4v) is 5.10. The lowest BCUT2D eigenvalue weighted by molar-refractivity contribution is -0.113. The highest BCUT2D eigenvalue weighted by Gasteiger charge is 2.36. The van der Waals surface area contributed by atoms with Crippen molar-refractivity contribution < 1.29 is 14.0 Å². The first-order valence-electron chi connectivity index (χ1n) is 11.1. The van der Waals surface area contributed by atoms with Gasteiger partial charge >= 0.3 is 0 Å². The number of thioether (sulfide) groups is 1. The molecule has 2 heterocycles. The number of benzene rings is 2. The zero-order chi connectivity index (χ0) is 24.9. The van der Waals surface area contributed by atoms with Crippen LogP contribution in [0.1, 0.15) is 40.1 Å². The molecule has 0 aliphatic carbocycles. The lowest BCUT2D eigenvalue weighted by atomic mass is 9.85. The normalized spacial score (nSPS) is 15.4. The highest BCUT2D eigenvalue weighted by molar-refractivity contribution is 8.03. The first-order valence-corrected chi connectivity index (χ1v) is 12.1. The number of furan rings is 1. The quantitative estimate of drug-likeness (QED) is 0.410. The number of hydrogen-bond donors (Lipinski definition) is 2. The highest BCUT2D eigenvalue weighted by atomic mass is 32.2. The summed E-state index contributed by atoms with van der Waals surface area (Å²) in [5, 5.41) is 16.8. The van der Waals surface area contributed by atoms with Crippen molar-refractivity contribution in [2.45, 2.75) is 26.7 Å². The molecule has 0 saturated carbocycles. The van der Waals surface area contributed by atoms with E-state index in [0.717, 1.165) is 11.1 Å². The summed E-state index contributed by atoms with van der Waals surface area (Å²) in [7, 11) is 0. The summed E-state index contributed by atoms with van der Waals surface area (Å²) in [5.74, 6) is -0.409. The minimum atomic E-state index is -0.696. The molecule has 1 aliphatic rings. The van der Waals surface area contributed by atoms with Gasteiger partial charge < -0.3 is 15.1 Å². The maximum absolute atomic E-state index is 13.3. The number of hydrogen-bond acceptors (Lipinski definition) is 6. The van der Waals surface area contributed by atoms with Crippen LogP contribution in [0.25, 0.3) is 0 Å². The predicted octanol–water partition coefficient (Wildman–Crippen LogP) is 5.85. The molecular weight excluding hydrogens is 458 g/mol. The Bertz CT molecular complexity index is 1370. The molecule has 0 fully saturated rings. The number of allylic oxidation sites excluding steroid dienone is 2. The molecule has 6 nitrogen and oxygen atoms in total. The van der Waals surface area contributed by atoms with Gasteiger partial charge in [0.1, 0.15) is 5.76 Å². The first kappa shape index (κ1) is 24.1. The molecule has 1 amide bonds. The number of nitrogens with one attached hydrogen (secondary N) is 2. The number of aryl methyl sites for hydroxylation is 2. The van der Waals surface area contributed by atoms with Crippen LogP contribution >= 0.6 is 11.8 Å². The monoisotopic (exact) mass is 483 g/mol. The number of amides is 1. The highest BCUT2D eigenvalue weighted by Crippen LogP contribution is 2.41. The number of nitriles is 1. The molecule has 1 atom stereocenters. The van der Waals surface area contributed by atoms with E-state index in [1.807, 2.05) is 50.2 Å². The van der Waals surface area contributed by atoms with Crippen LogP contribution in [0.15, 0.2) is 93.2 Å². The van der Waals surface area contributed by atoms with Gasteiger partial charge in [-0.1, -0.05) is 53.7 Å². The molecule has 4 rings (SSSR count). The van der Waals surface area contributed by atoms with Crippen molar-refractivity contribution in [3.8, 4) is 6.07 Å². The van der Waals surface area contributed by atoms with Crippen molar-refractivity contribution in [2.75, 3.05) is 11.1 Å². The van der Waals surface area contributed by atoms with Gasteiger partial charge in [-0.15, -0.1) is 0 Å². The second kappa shape index (κ2) is 10.5. The number of rotatable bonds is 7. The van der Waals surface area contributed by atoms with Crippen LogP contribution in [0.2, 0.25) is 0 Å². The Morgan fingerprint density at radius 1 is 1.09 bits per heavy atom. The minimum Gasteiger partial charge on any atom is -0.468 e. The molecule has 7 heteroatoms. The SMILES string of the molecule is CC1=C(C(=O)Nc2ccccc2)C(c2ccco2)C(C#N)=C(SCC(=O)c2ccc(C)cc2C)N1. The number of carbonyl (C=O) groups excluding carboxylic acids is 2. The molecule has 1 aliphatic heterocycles. The Morgan fingerprint density at radius 2 is 1.86 bits per heavy atom. The topological polar surface area (TPSA) is 95.1 Å². The molecule has 1 unspecified atom stereocenters. The zero-order valence-electron chi connectivity index (χ0n) is 19.7. The average molecular weight is 484 g/mol. The molecule has 176 valence electrons. The minimum absolute atomic E-state index is 0.0251. The van der Waals surface area contributed by atoms with Crippen LogP contribution in [0.3, 0.4) is 0 Å². The number of carbonyl (C=O) groups is 2. The van der Waals surface area contributed by atoms with Crippen molar-refractivity contribution in [1.29, 1.82) is 5.26 Å². The Labute approximate surface area is 208 Å². The van der Waals surface area contributed by atoms with Gasteiger partial charge in [0, 0.05) is 16.9 Å². The largest absolute Gasteiger partial charge is 0.468 e. The van der Waals surface area contributed by atoms with E-state index in [4.69, 9.17) is 4.42 Å². The third-order valence-corrected chi connectivity index (χ3v) is 6.80. The second-order valence-electron chi connectivity index (χ2n) is 8.32. The van der Waals surface area contributed by atoms with Crippen LogP contribution in [-0.4, -0.2) is 17.4 Å². The molecular formula is C28H25N3O3S. The molecule has 2 aromatic carbocycles. The zero-order valence-corrected chi connectivity index (χ0v) is 20.5. The van der Waals surface area contributed by atoms with E-state index >= 15 is 0 Å². The van der Waals surface area contributed by atoms with Crippen LogP contribution in [0.5, 0.6) is 0 Å². The Hall–Kier alpha value is -4.02. The van der Waals surface area contributed by atoms with Gasteiger partial charge in [-0.25, -0.2) is 0 Å². The van der Waals surface area contributed by atoms with E-state index < -0.39 is 5.92 Å². The van der Waals surface area contributed by atoms with Crippen molar-refractivity contribution in [3.63, 3.8) is 0 Å². The summed E-state index contributed by atoms with van der Waals surface area (Å²) in [5.41, 5.74) is 4.66. The standard InChI is InChI=1S/C28H25N3O3S/c1-17-11-12-21(18(2)14-17)23(32)16-35-28-22(15-29)26(24-10-7-13-34-24)25(19(3)30-28)27(33)31-20-8-5-4-6-9-20/h4-14,26,30H,16H2,1-3H3,(H,31,33). The Balaban J connectivity index is 1.64. The number of ketones is 1. The molecule has 3 aromatic rings. The molecule has 35 heavy (non-hydrogen) atoms. The summed E-state index contributed by atoms with van der Waals surface area (Å²) in [6.07, 6.45) is 1.52. The Morgan fingerprint density at radius 3 is 2.51 bits per heavy atom. The van der Waals surface area contributed by atoms with Crippen molar-refractivity contribution in [3.05, 3.63) is 111 Å². The fraction of sp³-hybridized carbons (Fsp3) is 0.179. The fourth-order valence-electron chi connectivity index (χ4n) is 4.13. The van der Waals surface area contributed by atoms with Crippen molar-refractivity contribution in [2.24, 2.45) is 0 Å². The molecule has 1 aromatic heterocycles. The number of Topliss-reactive ketones (excluding diaryl/α,β-unsaturated/α-hetero) is 1. The third kappa shape index (κ3) is 5.23. The lowest BCUT2D eigenvalue weighted by Gasteiger charge is -2.28. The van der Waals surface area contributed by atoms with Crippen LogP contribution in [0, 0.1) is 25.2 Å². The van der Waals surface area contributed by atoms with Crippen LogP contribution < -0.4 is 10.6 Å². The smallest absolute Gasteiger partial charge is 0.254 e. The second-order valence-corrected chi connectivity index (χ2v) is 9.30. The lowest BCUT2D eigenvalue weighted by Crippen LogP contribution is -2.30. The van der Waals surface area contributed by atoms with Crippen LogP contribution in [-0.2, 0) is 4.79 Å². The Kier molecular flexibility index (Phi) is 7.23. The van der Waals surface area contributed by atoms with Crippen molar-refractivity contribution in [1.82, 2.24) is 5.32 Å². The first-order chi connectivity index (χ1) is 16.9. The van der Waals surface area contributed by atoms with E-state index in [9.17, 15) is 14.9 Å². The summed E-state index contributed by atoms with van der Waals surface area (Å²) in [4.78, 5) is 26.3. The summed E-state index contributed by atoms with van der Waals surface area (Å²) >= 11 is 1.26. The van der Waals surface area contributed by atoms with E-state index in [2.05, 4.69) is 16.7 Å². The van der Waals surface area contributed by atoms with Gasteiger partial charge in [-0.05, 0) is 50.6 Å². The summed E-state index contributed by atoms with van der Waals surface area (Å²) < 4.78 is 5.65. The van der Waals surface area contributed by atoms with E-state index in [1.54, 1.807) is 31.2 Å². The number of para-hydroxylation sites is 1. The summed E-state index contributed by atoms with van der Waals surface area (Å²) in [6, 6.07) is 20.6. The number of anilines is 1. The molecule has 0 bridgehead atoms. The third-order valence-electron chi connectivity index (χ3n) is 5.78. The average Bonchev–Trinajstić information content (AvgIpc) is 3.37. The van der Waals surface area contributed by atoms with Crippen LogP contribution in [0.4, 0.5) is 5.69 Å². The van der Waals surface area contributed by atoms with Gasteiger partial charge in [0.15, 0.2) is 5.78 Å². The van der Waals surface area contributed by atoms with E-state index in [-0.39, 0.29) is 17.4 Å². The number of dihydropyridines is 1. The van der Waals surface area contributed by atoms with Gasteiger partial charge in [0.25, 0.3) is 5.91 Å².